The predicted octanol–water partition coefficient (Wildman–Crippen LogP) is 3.21. The minimum Gasteiger partial charge on any atom is -0.378 e. The highest BCUT2D eigenvalue weighted by Crippen LogP contribution is 2.35. The first-order valence-corrected chi connectivity index (χ1v) is 7.80. The van der Waals surface area contributed by atoms with Crippen LogP contribution in [0.25, 0.3) is 0 Å². The summed E-state index contributed by atoms with van der Waals surface area (Å²) in [4.78, 5) is 4.77. The third-order valence-corrected chi connectivity index (χ3v) is 4.29. The van der Waals surface area contributed by atoms with Crippen molar-refractivity contribution in [3.8, 4) is 0 Å². The smallest absolute Gasteiger partial charge is 0.0642 e. The van der Waals surface area contributed by atoms with Gasteiger partial charge in [0.1, 0.15) is 0 Å². The van der Waals surface area contributed by atoms with Crippen LogP contribution in [0, 0.1) is 0 Å². The maximum Gasteiger partial charge on any atom is 0.0642 e. The molecule has 0 spiro atoms. The molecule has 0 atom stereocenters. The summed E-state index contributed by atoms with van der Waals surface area (Å²) >= 11 is 0. The van der Waals surface area contributed by atoms with Crippen LogP contribution in [-0.4, -0.2) is 42.6 Å². The molecule has 3 nitrogen and oxygen atoms in total. The van der Waals surface area contributed by atoms with Crippen molar-refractivity contribution in [2.75, 3.05) is 32.8 Å². The van der Waals surface area contributed by atoms with Crippen LogP contribution in [0.3, 0.4) is 0 Å². The fourth-order valence-electron chi connectivity index (χ4n) is 3.25. The van der Waals surface area contributed by atoms with Gasteiger partial charge in [0.15, 0.2) is 0 Å². The molecule has 0 radical (unpaired) electrons. The van der Waals surface area contributed by atoms with Gasteiger partial charge in [0.2, 0.25) is 0 Å². The van der Waals surface area contributed by atoms with Crippen molar-refractivity contribution in [2.24, 2.45) is 0 Å². The molecule has 1 fully saturated rings. The quantitative estimate of drug-likeness (QED) is 0.774. The molecule has 0 saturated carbocycles. The Morgan fingerprint density at radius 3 is 2.71 bits per heavy atom. The van der Waals surface area contributed by atoms with E-state index < -0.39 is 0 Å². The minimum absolute atomic E-state index is 0.810. The molecule has 3 heteroatoms. The highest BCUT2D eigenvalue weighted by Gasteiger charge is 2.26. The van der Waals surface area contributed by atoms with Gasteiger partial charge in [-0.1, -0.05) is 24.3 Å². The molecular weight excluding hydrogens is 260 g/mol. The van der Waals surface area contributed by atoms with Crippen LogP contribution >= 0.6 is 0 Å². The van der Waals surface area contributed by atoms with E-state index in [1.807, 2.05) is 0 Å². The van der Waals surface area contributed by atoms with E-state index >= 15 is 0 Å². The van der Waals surface area contributed by atoms with Crippen molar-refractivity contribution >= 4 is 0 Å². The van der Waals surface area contributed by atoms with Crippen molar-refractivity contribution in [3.05, 3.63) is 59.1 Å². The summed E-state index contributed by atoms with van der Waals surface area (Å²) in [5.74, 6) is 0. The Bertz CT molecular complexity index is 560. The molecule has 1 saturated heterocycles. The van der Waals surface area contributed by atoms with Crippen molar-refractivity contribution < 1.29 is 4.74 Å². The number of hydrogen-bond acceptors (Lipinski definition) is 3. The van der Waals surface area contributed by atoms with Gasteiger partial charge in [-0.15, -0.1) is 0 Å². The highest BCUT2D eigenvalue weighted by molar-refractivity contribution is 5.53. The Kier molecular flexibility index (Phi) is 4.02. The van der Waals surface area contributed by atoms with Crippen LogP contribution in [0.15, 0.2) is 59.1 Å². The van der Waals surface area contributed by atoms with Crippen LogP contribution in [0.1, 0.15) is 20.3 Å². The predicted molar refractivity (Wildman–Crippen MR) is 86.5 cm³/mol. The van der Waals surface area contributed by atoms with Gasteiger partial charge in [-0.25, -0.2) is 0 Å². The standard InChI is InChI=1S/C18H24N2O/c1-4-20-15(3)13-18(19-8-10-21-11-9-19)16-12-14(2)6-5-7-17(16)20/h5-6,12-13H,3-4,7-11H2,1-2H3. The maximum atomic E-state index is 5.50. The van der Waals surface area contributed by atoms with Crippen LogP contribution in [0.2, 0.25) is 0 Å². The largest absolute Gasteiger partial charge is 0.378 e. The monoisotopic (exact) mass is 284 g/mol. The average Bonchev–Trinajstić information content (AvgIpc) is 2.69. The van der Waals surface area contributed by atoms with Crippen molar-refractivity contribution in [1.82, 2.24) is 9.80 Å². The normalized spacial score (nSPS) is 22.9. The van der Waals surface area contributed by atoms with Crippen LogP contribution in [0.5, 0.6) is 0 Å². The van der Waals surface area contributed by atoms with Crippen LogP contribution < -0.4 is 0 Å². The van der Waals surface area contributed by atoms with Gasteiger partial charge in [-0.05, 0) is 26.0 Å². The van der Waals surface area contributed by atoms with E-state index in [4.69, 9.17) is 4.74 Å². The molecule has 0 aromatic rings. The Morgan fingerprint density at radius 2 is 2.00 bits per heavy atom. The Morgan fingerprint density at radius 1 is 1.24 bits per heavy atom. The lowest BCUT2D eigenvalue weighted by Gasteiger charge is -2.38. The number of ether oxygens (including phenoxy) is 1. The van der Waals surface area contributed by atoms with Gasteiger partial charge >= 0.3 is 0 Å². The zero-order chi connectivity index (χ0) is 14.8. The number of rotatable bonds is 2. The SMILES string of the molecule is C=C1C=C(N2CCOCC2)C2=C(CC=CC(C)=C2)N1CC. The summed E-state index contributed by atoms with van der Waals surface area (Å²) in [7, 11) is 0. The summed E-state index contributed by atoms with van der Waals surface area (Å²) < 4.78 is 5.50. The Labute approximate surface area is 127 Å². The molecule has 3 rings (SSSR count). The molecule has 0 aromatic heterocycles. The summed E-state index contributed by atoms with van der Waals surface area (Å²) in [6.07, 6.45) is 9.99. The van der Waals surface area contributed by atoms with Gasteiger partial charge in [0.05, 0.1) is 13.2 Å². The summed E-state index contributed by atoms with van der Waals surface area (Å²) in [6, 6.07) is 0. The molecule has 0 aromatic carbocycles. The lowest BCUT2D eigenvalue weighted by molar-refractivity contribution is 0.0544. The highest BCUT2D eigenvalue weighted by atomic mass is 16.5. The van der Waals surface area contributed by atoms with Gasteiger partial charge < -0.3 is 14.5 Å². The molecule has 2 heterocycles. The second kappa shape index (κ2) is 5.94. The number of morpholine rings is 1. The molecule has 0 amide bonds. The Hall–Kier alpha value is -1.74. The molecule has 0 bridgehead atoms. The molecular formula is C18H24N2O. The van der Waals surface area contributed by atoms with Gasteiger partial charge in [0.25, 0.3) is 0 Å². The molecule has 112 valence electrons. The second-order valence-corrected chi connectivity index (χ2v) is 5.72. The molecule has 0 unspecified atom stereocenters. The fourth-order valence-corrected chi connectivity index (χ4v) is 3.25. The van der Waals surface area contributed by atoms with Gasteiger partial charge in [-0.3, -0.25) is 0 Å². The zero-order valence-electron chi connectivity index (χ0n) is 13.1. The van der Waals surface area contributed by atoms with Crippen LogP contribution in [-0.2, 0) is 4.74 Å². The first-order chi connectivity index (χ1) is 10.2. The molecule has 1 aliphatic carbocycles. The third-order valence-electron chi connectivity index (χ3n) is 4.29. The fraction of sp³-hybridized carbons (Fsp3) is 0.444. The van der Waals surface area contributed by atoms with Crippen molar-refractivity contribution in [1.29, 1.82) is 0 Å². The number of likely N-dealkylation sites (N-methyl/N-ethyl adjacent to an activating group) is 1. The number of nitrogens with zero attached hydrogens (tertiary/aromatic N) is 2. The summed E-state index contributed by atoms with van der Waals surface area (Å²) in [5.41, 5.74) is 6.45. The first kappa shape index (κ1) is 14.2. The van der Waals surface area contributed by atoms with Crippen molar-refractivity contribution in [3.63, 3.8) is 0 Å². The van der Waals surface area contributed by atoms with Gasteiger partial charge in [0, 0.05) is 48.7 Å². The van der Waals surface area contributed by atoms with E-state index in [1.54, 1.807) is 0 Å². The Balaban J connectivity index is 2.04. The molecule has 3 aliphatic rings. The van der Waals surface area contributed by atoms with E-state index in [9.17, 15) is 0 Å². The van der Waals surface area contributed by atoms with Crippen molar-refractivity contribution in [2.45, 2.75) is 20.3 Å². The molecule has 21 heavy (non-hydrogen) atoms. The van der Waals surface area contributed by atoms with E-state index in [0.29, 0.717) is 0 Å². The summed E-state index contributed by atoms with van der Waals surface area (Å²) in [6.45, 7) is 13.1. The second-order valence-electron chi connectivity index (χ2n) is 5.72. The lowest BCUT2D eigenvalue weighted by Crippen LogP contribution is -2.38. The van der Waals surface area contributed by atoms with Gasteiger partial charge in [-0.2, -0.15) is 0 Å². The minimum atomic E-state index is 0.810. The molecule has 2 aliphatic heterocycles. The number of hydrogen-bond donors (Lipinski definition) is 0. The summed E-state index contributed by atoms with van der Waals surface area (Å²) in [5, 5.41) is 0. The third kappa shape index (κ3) is 2.70. The zero-order valence-corrected chi connectivity index (χ0v) is 13.1. The van der Waals surface area contributed by atoms with E-state index in [2.05, 4.69) is 54.5 Å². The van der Waals surface area contributed by atoms with E-state index in [-0.39, 0.29) is 0 Å². The number of allylic oxidation sites excluding steroid dienone is 5. The lowest BCUT2D eigenvalue weighted by atomic mass is 9.99. The molecule has 0 N–H and O–H groups in total. The first-order valence-electron chi connectivity index (χ1n) is 7.80. The topological polar surface area (TPSA) is 15.7 Å². The van der Waals surface area contributed by atoms with E-state index in [1.165, 1.54) is 22.5 Å². The maximum absolute atomic E-state index is 5.50. The average molecular weight is 284 g/mol. The van der Waals surface area contributed by atoms with E-state index in [0.717, 1.165) is 45.0 Å². The van der Waals surface area contributed by atoms with Crippen LogP contribution in [0.4, 0.5) is 0 Å².